The average Bonchev–Trinajstić information content (AvgIpc) is 3.57. The van der Waals surface area contributed by atoms with Crippen molar-refractivity contribution in [2.75, 3.05) is 0 Å². The van der Waals surface area contributed by atoms with Gasteiger partial charge in [0.15, 0.2) is 0 Å². The molecule has 6 aromatic rings. The molecule has 0 nitrogen and oxygen atoms in total. The first kappa shape index (κ1) is 30.7. The molecular weight excluding hydrogens is 623 g/mol. The van der Waals surface area contributed by atoms with Gasteiger partial charge in [-0.1, -0.05) is 84.6 Å². The van der Waals surface area contributed by atoms with Crippen molar-refractivity contribution in [3.05, 3.63) is 130 Å². The average molecular weight is 657 g/mol. The van der Waals surface area contributed by atoms with Crippen molar-refractivity contribution in [2.45, 2.75) is 39.8 Å². The van der Waals surface area contributed by atoms with Gasteiger partial charge in [0.05, 0.1) is 0 Å². The Morgan fingerprint density at radius 2 is 0.975 bits per heavy atom. The molecule has 0 aliphatic heterocycles. The summed E-state index contributed by atoms with van der Waals surface area (Å²) in [5.74, 6) is 0. The number of halogens is 2. The zero-order valence-corrected chi connectivity index (χ0v) is 28.5. The van der Waals surface area contributed by atoms with Crippen LogP contribution in [0.2, 0.25) is 23.1 Å². The molecular formula is C36H34Cl2SiZr. The Hall–Kier alpha value is -2.22. The standard InChI is InChI=1S/2C17H14Cl.C2H6Si.Zr/c2*1-2-12-9-13-6-4-8-16(17(13)10-12)14-5-3-7-15(18)11-14;1-3-2;/h2*3-11H,2H2,1H3;1-2H3;/q2*-1;;+2. The van der Waals surface area contributed by atoms with Gasteiger partial charge in [-0.15, -0.1) is 69.1 Å². The molecule has 4 heteroatoms. The summed E-state index contributed by atoms with van der Waals surface area (Å²) in [5.41, 5.74) is 7.87. The number of hydrogen-bond donors (Lipinski definition) is 0. The summed E-state index contributed by atoms with van der Waals surface area (Å²) in [6.07, 6.45) is 2.15. The first-order chi connectivity index (χ1) is 19.3. The molecule has 0 aromatic heterocycles. The van der Waals surface area contributed by atoms with Crippen LogP contribution in [0.4, 0.5) is 0 Å². The van der Waals surface area contributed by atoms with E-state index in [9.17, 15) is 0 Å². The van der Waals surface area contributed by atoms with E-state index in [0.29, 0.717) is 0 Å². The van der Waals surface area contributed by atoms with Crippen molar-refractivity contribution >= 4 is 50.2 Å². The van der Waals surface area contributed by atoms with Gasteiger partial charge in [-0.05, 0) is 48.2 Å². The summed E-state index contributed by atoms with van der Waals surface area (Å²) in [4.78, 5) is 0. The molecule has 0 spiro atoms. The molecule has 0 amide bonds. The number of aryl methyl sites for hydroxylation is 2. The van der Waals surface area contributed by atoms with Gasteiger partial charge in [0, 0.05) is 10.0 Å². The van der Waals surface area contributed by atoms with Crippen molar-refractivity contribution < 1.29 is 23.3 Å². The Balaban J connectivity index is 0.000000164. The van der Waals surface area contributed by atoms with Crippen LogP contribution in [0.1, 0.15) is 25.0 Å². The van der Waals surface area contributed by atoms with Gasteiger partial charge >= 0.3 is 41.9 Å². The minimum absolute atomic E-state index is 0.210. The number of hydrogen-bond acceptors (Lipinski definition) is 0. The van der Waals surface area contributed by atoms with E-state index in [2.05, 4.69) is 99.7 Å². The molecule has 0 radical (unpaired) electrons. The summed E-state index contributed by atoms with van der Waals surface area (Å²) in [7, 11) is 0. The van der Waals surface area contributed by atoms with Gasteiger partial charge in [0.2, 0.25) is 0 Å². The van der Waals surface area contributed by atoms with Crippen LogP contribution < -0.4 is 0 Å². The van der Waals surface area contributed by atoms with Crippen molar-refractivity contribution in [3.63, 3.8) is 0 Å². The molecule has 0 heterocycles. The van der Waals surface area contributed by atoms with Crippen molar-refractivity contribution in [1.82, 2.24) is 0 Å². The maximum absolute atomic E-state index is 6.08. The third kappa shape index (κ3) is 7.95. The Bertz CT molecular complexity index is 1610. The molecule has 0 saturated heterocycles. The summed E-state index contributed by atoms with van der Waals surface area (Å²) >= 11 is 13.9. The zero-order chi connectivity index (χ0) is 28.6. The van der Waals surface area contributed by atoms with E-state index in [1.807, 2.05) is 36.4 Å². The van der Waals surface area contributed by atoms with Crippen molar-refractivity contribution in [1.29, 1.82) is 0 Å². The minimum atomic E-state index is 0.210. The fraction of sp³-hybridized carbons (Fsp3) is 0.167. The second kappa shape index (κ2) is 14.6. The fourth-order valence-electron chi connectivity index (χ4n) is 4.82. The number of rotatable bonds is 4. The van der Waals surface area contributed by atoms with Gasteiger partial charge in [0.1, 0.15) is 0 Å². The van der Waals surface area contributed by atoms with Gasteiger partial charge in [-0.3, -0.25) is 0 Å². The first-order valence-electron chi connectivity index (χ1n) is 13.7. The predicted molar refractivity (Wildman–Crippen MR) is 176 cm³/mol. The molecule has 0 fully saturated rings. The van der Waals surface area contributed by atoms with Crippen LogP contribution in [0.5, 0.6) is 0 Å². The third-order valence-electron chi connectivity index (χ3n) is 6.71. The molecule has 6 rings (SSSR count). The Morgan fingerprint density at radius 1 is 0.600 bits per heavy atom. The number of fused-ring (bicyclic) bond motifs is 2. The zero-order valence-electron chi connectivity index (χ0n) is 23.6. The van der Waals surface area contributed by atoms with Crippen LogP contribution in [-0.4, -0.2) is 5.43 Å². The number of benzene rings is 4. The van der Waals surface area contributed by atoms with Gasteiger partial charge in [-0.2, -0.15) is 12.1 Å². The van der Waals surface area contributed by atoms with Crippen LogP contribution in [0.15, 0.2) is 109 Å². The van der Waals surface area contributed by atoms with Crippen LogP contribution >= 0.6 is 23.2 Å². The molecule has 200 valence electrons. The van der Waals surface area contributed by atoms with Crippen LogP contribution in [0.3, 0.4) is 0 Å². The molecule has 0 aliphatic rings. The normalized spacial score (nSPS) is 10.6. The predicted octanol–water partition coefficient (Wildman–Crippen LogP) is 11.7. The molecule has 40 heavy (non-hydrogen) atoms. The van der Waals surface area contributed by atoms with E-state index in [1.54, 1.807) is 23.3 Å². The van der Waals surface area contributed by atoms with E-state index < -0.39 is 0 Å². The van der Waals surface area contributed by atoms with Crippen molar-refractivity contribution in [3.8, 4) is 22.3 Å². The molecule has 6 aromatic carbocycles. The second-order valence-corrected chi connectivity index (χ2v) is 20.3. The van der Waals surface area contributed by atoms with Crippen LogP contribution in [0.25, 0.3) is 43.8 Å². The SMILES string of the molecule is CCc1cc2c(-c3cccc(Cl)c3)cccc2[cH-]1.CCc1cc2c(-c3cccc(Cl)c3)cccc2[cH-]1.C[Si](C)=[Zr+2]. The molecule has 0 bridgehead atoms. The van der Waals surface area contributed by atoms with Gasteiger partial charge in [-0.25, -0.2) is 0 Å². The molecule has 0 atom stereocenters. The maximum atomic E-state index is 6.08. The molecule has 0 aliphatic carbocycles. The van der Waals surface area contributed by atoms with E-state index in [-0.39, 0.29) is 5.43 Å². The molecule has 0 saturated carbocycles. The quantitative estimate of drug-likeness (QED) is 0.131. The second-order valence-electron chi connectivity index (χ2n) is 10.1. The topological polar surface area (TPSA) is 0 Å². The molecule has 0 unspecified atom stereocenters. The van der Waals surface area contributed by atoms with Crippen molar-refractivity contribution in [2.24, 2.45) is 0 Å². The summed E-state index contributed by atoms with van der Waals surface area (Å²) in [5, 5.41) is 6.82. The monoisotopic (exact) mass is 654 g/mol. The van der Waals surface area contributed by atoms with Crippen LogP contribution in [0, 0.1) is 0 Å². The Morgan fingerprint density at radius 3 is 1.32 bits per heavy atom. The molecule has 0 N–H and O–H groups in total. The van der Waals surface area contributed by atoms with E-state index in [0.717, 1.165) is 22.9 Å². The van der Waals surface area contributed by atoms with E-state index in [1.165, 1.54) is 54.9 Å². The fourth-order valence-corrected chi connectivity index (χ4v) is 5.20. The van der Waals surface area contributed by atoms with Gasteiger partial charge < -0.3 is 0 Å². The summed E-state index contributed by atoms with van der Waals surface area (Å²) in [6.45, 7) is 8.99. The first-order valence-corrected chi connectivity index (χ1v) is 20.6. The van der Waals surface area contributed by atoms with E-state index in [4.69, 9.17) is 23.2 Å². The summed E-state index contributed by atoms with van der Waals surface area (Å²) < 4.78 is 0. The third-order valence-corrected chi connectivity index (χ3v) is 7.18. The summed E-state index contributed by atoms with van der Waals surface area (Å²) in [6, 6.07) is 38.1. The Labute approximate surface area is 264 Å². The van der Waals surface area contributed by atoms with Gasteiger partial charge in [0.25, 0.3) is 0 Å². The van der Waals surface area contributed by atoms with E-state index >= 15 is 0 Å². The van der Waals surface area contributed by atoms with Crippen LogP contribution in [-0.2, 0) is 36.2 Å². The Kier molecular flexibility index (Phi) is 11.2.